The predicted molar refractivity (Wildman–Crippen MR) is 138 cm³/mol. The molecule has 2 unspecified atom stereocenters. The molecule has 207 valence electrons. The van der Waals surface area contributed by atoms with E-state index in [2.05, 4.69) is 5.32 Å². The number of rotatable bonds is 5. The summed E-state index contributed by atoms with van der Waals surface area (Å²) in [5.41, 5.74) is 0.734. The van der Waals surface area contributed by atoms with Crippen molar-refractivity contribution in [3.8, 4) is 0 Å². The summed E-state index contributed by atoms with van der Waals surface area (Å²) in [7, 11) is 1.48. The average molecular weight is 547 g/mol. The van der Waals surface area contributed by atoms with Crippen LogP contribution in [0.5, 0.6) is 0 Å². The standard InChI is InChI=1S/C27H29BF5N4O2/c1-28-18-4-6-21(25(31)24(18)30)35-10-12-36(13-11-35)22-8-9-37(15-27(22,32)33)20-5-2-16(14-19(20)29)17-3-7-23(38)34-26(17)39/h2,4-6,14,17,22H,3,7-13,15H2,1H3,(H,34,38,39). The lowest BCUT2D eigenvalue weighted by molar-refractivity contribution is -0.134. The van der Waals surface area contributed by atoms with Gasteiger partial charge in [0.2, 0.25) is 11.8 Å². The predicted octanol–water partition coefficient (Wildman–Crippen LogP) is 3.04. The summed E-state index contributed by atoms with van der Waals surface area (Å²) in [6.45, 7) is 2.24. The maximum atomic E-state index is 15.4. The van der Waals surface area contributed by atoms with Crippen LogP contribution in [0.15, 0.2) is 30.3 Å². The van der Waals surface area contributed by atoms with Gasteiger partial charge in [-0.3, -0.25) is 19.8 Å². The third-order valence-corrected chi connectivity index (χ3v) is 8.01. The second-order valence-electron chi connectivity index (χ2n) is 10.3. The fraction of sp³-hybridized carbons (Fsp3) is 0.481. The van der Waals surface area contributed by atoms with Crippen LogP contribution >= 0.6 is 0 Å². The first-order valence-corrected chi connectivity index (χ1v) is 13.1. The minimum atomic E-state index is -3.13. The van der Waals surface area contributed by atoms with Crippen molar-refractivity contribution in [2.24, 2.45) is 0 Å². The molecule has 3 aliphatic rings. The number of benzene rings is 2. The Morgan fingerprint density at radius 2 is 1.62 bits per heavy atom. The molecule has 5 rings (SSSR count). The number of anilines is 2. The van der Waals surface area contributed by atoms with Crippen molar-refractivity contribution in [3.63, 3.8) is 0 Å². The number of amides is 2. The third kappa shape index (κ3) is 5.35. The zero-order valence-corrected chi connectivity index (χ0v) is 21.5. The number of hydrogen-bond acceptors (Lipinski definition) is 5. The number of piperidine rings is 2. The quantitative estimate of drug-likeness (QED) is 0.355. The molecule has 2 aromatic carbocycles. The number of halogens is 5. The first-order valence-electron chi connectivity index (χ1n) is 13.1. The van der Waals surface area contributed by atoms with Crippen molar-refractivity contribution in [2.75, 3.05) is 49.1 Å². The van der Waals surface area contributed by atoms with E-state index in [-0.39, 0.29) is 74.7 Å². The molecule has 2 atom stereocenters. The van der Waals surface area contributed by atoms with Crippen molar-refractivity contribution in [1.82, 2.24) is 10.2 Å². The molecule has 3 fully saturated rings. The molecular weight excluding hydrogens is 518 g/mol. The Labute approximate surface area is 224 Å². The summed E-state index contributed by atoms with van der Waals surface area (Å²) in [4.78, 5) is 28.2. The molecule has 1 radical (unpaired) electrons. The van der Waals surface area contributed by atoms with Crippen LogP contribution in [0.2, 0.25) is 6.82 Å². The van der Waals surface area contributed by atoms with Crippen molar-refractivity contribution >= 4 is 35.9 Å². The smallest absolute Gasteiger partial charge is 0.280 e. The zero-order valence-electron chi connectivity index (χ0n) is 21.5. The normalized spacial score (nSPS) is 24.1. The van der Waals surface area contributed by atoms with E-state index in [9.17, 15) is 18.4 Å². The van der Waals surface area contributed by atoms with Gasteiger partial charge < -0.3 is 9.80 Å². The molecule has 0 saturated carbocycles. The number of hydrogen-bond donors (Lipinski definition) is 1. The van der Waals surface area contributed by atoms with E-state index in [0.717, 1.165) is 0 Å². The van der Waals surface area contributed by atoms with Gasteiger partial charge in [0.1, 0.15) is 5.82 Å². The Balaban J connectivity index is 1.22. The van der Waals surface area contributed by atoms with Crippen LogP contribution in [0.3, 0.4) is 0 Å². The third-order valence-electron chi connectivity index (χ3n) is 8.01. The maximum Gasteiger partial charge on any atom is 0.280 e. The summed E-state index contributed by atoms with van der Waals surface area (Å²) in [6, 6.07) is 6.11. The van der Waals surface area contributed by atoms with Gasteiger partial charge in [-0.2, -0.15) is 0 Å². The number of nitrogens with one attached hydrogen (secondary N) is 1. The summed E-state index contributed by atoms with van der Waals surface area (Å²) < 4.78 is 74.6. The first kappa shape index (κ1) is 27.4. The second-order valence-corrected chi connectivity index (χ2v) is 10.3. The van der Waals surface area contributed by atoms with E-state index in [1.54, 1.807) is 22.7 Å². The van der Waals surface area contributed by atoms with Crippen LogP contribution in [0.1, 0.15) is 30.7 Å². The lowest BCUT2D eigenvalue weighted by Crippen LogP contribution is -2.62. The lowest BCUT2D eigenvalue weighted by Gasteiger charge is -2.47. The van der Waals surface area contributed by atoms with E-state index in [4.69, 9.17) is 0 Å². The summed E-state index contributed by atoms with van der Waals surface area (Å²) in [5.74, 6) is -7.21. The Morgan fingerprint density at radius 1 is 0.897 bits per heavy atom. The summed E-state index contributed by atoms with van der Waals surface area (Å²) >= 11 is 0. The topological polar surface area (TPSA) is 55.9 Å². The van der Waals surface area contributed by atoms with Gasteiger partial charge in [0.15, 0.2) is 18.9 Å². The summed E-state index contributed by atoms with van der Waals surface area (Å²) in [6.07, 6.45) is 0.527. The number of imide groups is 1. The van der Waals surface area contributed by atoms with Gasteiger partial charge in [0.05, 0.1) is 29.9 Å². The molecule has 6 nitrogen and oxygen atoms in total. The monoisotopic (exact) mass is 547 g/mol. The van der Waals surface area contributed by atoms with E-state index in [1.807, 2.05) is 0 Å². The molecule has 0 spiro atoms. The molecule has 0 bridgehead atoms. The molecule has 3 saturated heterocycles. The molecule has 3 aliphatic heterocycles. The van der Waals surface area contributed by atoms with Crippen molar-refractivity contribution in [2.45, 2.75) is 44.0 Å². The van der Waals surface area contributed by atoms with Crippen LogP contribution in [0.25, 0.3) is 0 Å². The number of alkyl halides is 2. The van der Waals surface area contributed by atoms with Crippen LogP contribution in [-0.2, 0) is 9.59 Å². The van der Waals surface area contributed by atoms with E-state index in [0.29, 0.717) is 5.56 Å². The number of piperazine rings is 1. The highest BCUT2D eigenvalue weighted by molar-refractivity contribution is 6.52. The van der Waals surface area contributed by atoms with E-state index in [1.165, 1.54) is 36.4 Å². The highest BCUT2D eigenvalue weighted by Crippen LogP contribution is 2.36. The highest BCUT2D eigenvalue weighted by Gasteiger charge is 2.48. The van der Waals surface area contributed by atoms with Gasteiger partial charge in [-0.15, -0.1) is 0 Å². The number of carbonyl (C=O) groups excluding carboxylic acids is 2. The van der Waals surface area contributed by atoms with E-state index < -0.39 is 47.8 Å². The highest BCUT2D eigenvalue weighted by atomic mass is 19.3. The van der Waals surface area contributed by atoms with Gasteiger partial charge in [0.25, 0.3) is 5.92 Å². The molecule has 2 aromatic rings. The molecule has 0 aliphatic carbocycles. The molecule has 12 heteroatoms. The fourth-order valence-corrected chi connectivity index (χ4v) is 5.89. The lowest BCUT2D eigenvalue weighted by atomic mass is 9.73. The Kier molecular flexibility index (Phi) is 7.59. The first-order chi connectivity index (χ1) is 18.6. The molecule has 0 aromatic heterocycles. The van der Waals surface area contributed by atoms with Gasteiger partial charge in [-0.1, -0.05) is 19.0 Å². The molecular formula is C27H29BF5N4O2. The minimum absolute atomic E-state index is 0.0410. The SMILES string of the molecule is C[B]c1ccc(N2CCN(C3CCN(c4ccc(C5CCC(=O)NC5=O)cc4F)CC3(F)F)CC2)c(F)c1F. The average Bonchev–Trinajstić information content (AvgIpc) is 2.90. The van der Waals surface area contributed by atoms with Crippen molar-refractivity contribution < 1.29 is 31.5 Å². The fourth-order valence-electron chi connectivity index (χ4n) is 5.89. The Bertz CT molecular complexity index is 1270. The van der Waals surface area contributed by atoms with E-state index >= 15 is 13.2 Å². The second kappa shape index (κ2) is 10.8. The number of nitrogens with zero attached hydrogens (tertiary/aromatic N) is 3. The number of carbonyl (C=O) groups is 2. The molecule has 3 heterocycles. The summed E-state index contributed by atoms with van der Waals surface area (Å²) in [5, 5.41) is 2.24. The Morgan fingerprint density at radius 3 is 2.26 bits per heavy atom. The molecule has 2 amide bonds. The maximum absolute atomic E-state index is 15.4. The van der Waals surface area contributed by atoms with Crippen molar-refractivity contribution in [1.29, 1.82) is 0 Å². The molecule has 1 N–H and O–H groups in total. The van der Waals surface area contributed by atoms with Crippen LogP contribution in [0, 0.1) is 17.5 Å². The molecule has 39 heavy (non-hydrogen) atoms. The van der Waals surface area contributed by atoms with Crippen LogP contribution in [-0.4, -0.2) is 75.2 Å². The largest absolute Gasteiger partial charge is 0.367 e. The van der Waals surface area contributed by atoms with Crippen LogP contribution < -0.4 is 20.6 Å². The minimum Gasteiger partial charge on any atom is -0.367 e. The van der Waals surface area contributed by atoms with Gasteiger partial charge >= 0.3 is 0 Å². The van der Waals surface area contributed by atoms with Gasteiger partial charge in [-0.25, -0.2) is 22.0 Å². The van der Waals surface area contributed by atoms with Crippen molar-refractivity contribution in [3.05, 3.63) is 53.3 Å². The zero-order chi connectivity index (χ0) is 27.9. The Hall–Kier alpha value is -3.15. The van der Waals surface area contributed by atoms with Crippen LogP contribution in [0.4, 0.5) is 33.3 Å². The van der Waals surface area contributed by atoms with Gasteiger partial charge in [0, 0.05) is 39.1 Å². The van der Waals surface area contributed by atoms with Gasteiger partial charge in [-0.05, 0) is 42.1 Å².